The number of hydrogen-bond donors (Lipinski definition) is 1. The van der Waals surface area contributed by atoms with Gasteiger partial charge in [0.2, 0.25) is 6.41 Å². The topological polar surface area (TPSA) is 32.3 Å². The highest BCUT2D eigenvalue weighted by Crippen LogP contribution is 2.27. The van der Waals surface area contributed by atoms with E-state index in [9.17, 15) is 4.79 Å². The summed E-state index contributed by atoms with van der Waals surface area (Å²) in [4.78, 5) is 13.2. The molecule has 1 amide bonds. The van der Waals surface area contributed by atoms with E-state index in [0.717, 1.165) is 24.9 Å². The lowest BCUT2D eigenvalue weighted by molar-refractivity contribution is -0.105. The van der Waals surface area contributed by atoms with Gasteiger partial charge in [0, 0.05) is 11.7 Å². The van der Waals surface area contributed by atoms with Crippen LogP contribution in [0.4, 0.5) is 5.69 Å². The lowest BCUT2D eigenvalue weighted by Crippen LogP contribution is -2.40. The van der Waals surface area contributed by atoms with E-state index < -0.39 is 0 Å². The quantitative estimate of drug-likeness (QED) is 0.774. The maximum absolute atomic E-state index is 10.6. The van der Waals surface area contributed by atoms with Crippen LogP contribution in [0.1, 0.15) is 44.2 Å². The Hall–Kier alpha value is -1.35. The summed E-state index contributed by atoms with van der Waals surface area (Å²) in [6.45, 7) is 6.90. The Morgan fingerprint density at radius 3 is 2.65 bits per heavy atom. The van der Waals surface area contributed by atoms with Crippen molar-refractivity contribution in [2.45, 2.75) is 52.0 Å². The van der Waals surface area contributed by atoms with Gasteiger partial charge in [-0.15, -0.1) is 0 Å². The molecule has 1 atom stereocenters. The van der Waals surface area contributed by atoms with E-state index in [4.69, 9.17) is 0 Å². The minimum Gasteiger partial charge on any atom is -0.329 e. The fourth-order valence-corrected chi connectivity index (χ4v) is 3.26. The van der Waals surface area contributed by atoms with E-state index in [1.165, 1.54) is 43.5 Å². The first-order chi connectivity index (χ1) is 9.78. The van der Waals surface area contributed by atoms with Crippen molar-refractivity contribution in [3.8, 4) is 0 Å². The molecule has 20 heavy (non-hydrogen) atoms. The molecular weight excluding hydrogens is 248 g/mol. The van der Waals surface area contributed by atoms with E-state index in [2.05, 4.69) is 36.2 Å². The Bertz CT molecular complexity index is 439. The second-order valence-corrected chi connectivity index (χ2v) is 5.68. The number of carbonyl (C=O) groups is 1. The van der Waals surface area contributed by atoms with Gasteiger partial charge in [0.1, 0.15) is 0 Å². The van der Waals surface area contributed by atoms with Crippen LogP contribution in [-0.4, -0.2) is 30.4 Å². The summed E-state index contributed by atoms with van der Waals surface area (Å²) in [5, 5.41) is 2.76. The van der Waals surface area contributed by atoms with Crippen LogP contribution in [0.15, 0.2) is 18.2 Å². The van der Waals surface area contributed by atoms with Gasteiger partial charge in [0.25, 0.3) is 0 Å². The second kappa shape index (κ2) is 7.44. The van der Waals surface area contributed by atoms with Crippen LogP contribution >= 0.6 is 0 Å². The number of nitrogens with zero attached hydrogens (tertiary/aromatic N) is 1. The average molecular weight is 274 g/mol. The molecule has 0 heterocycles. The molecule has 110 valence electrons. The summed E-state index contributed by atoms with van der Waals surface area (Å²) >= 11 is 0. The third kappa shape index (κ3) is 3.60. The van der Waals surface area contributed by atoms with Crippen LogP contribution in [0.25, 0.3) is 0 Å². The first-order valence-corrected chi connectivity index (χ1v) is 7.84. The number of fused-ring (bicyclic) bond motifs is 1. The molecule has 1 aromatic rings. The van der Waals surface area contributed by atoms with Crippen LogP contribution in [0.2, 0.25) is 0 Å². The number of rotatable bonds is 7. The number of amides is 1. The zero-order chi connectivity index (χ0) is 14.4. The second-order valence-electron chi connectivity index (χ2n) is 5.68. The smallest absolute Gasteiger partial charge is 0.211 e. The van der Waals surface area contributed by atoms with Crippen LogP contribution in [0.5, 0.6) is 0 Å². The summed E-state index contributed by atoms with van der Waals surface area (Å²) in [6, 6.07) is 6.98. The van der Waals surface area contributed by atoms with Gasteiger partial charge in [-0.25, -0.2) is 0 Å². The molecule has 0 radical (unpaired) electrons. The average Bonchev–Trinajstić information content (AvgIpc) is 2.47. The zero-order valence-corrected chi connectivity index (χ0v) is 12.7. The van der Waals surface area contributed by atoms with Gasteiger partial charge >= 0.3 is 0 Å². The normalized spacial score (nSPS) is 17.9. The molecule has 1 aliphatic carbocycles. The van der Waals surface area contributed by atoms with Crippen LogP contribution in [0, 0.1) is 0 Å². The minimum absolute atomic E-state index is 0.661. The molecule has 2 rings (SSSR count). The third-order valence-corrected chi connectivity index (χ3v) is 4.17. The van der Waals surface area contributed by atoms with Crippen molar-refractivity contribution >= 4 is 12.1 Å². The predicted molar refractivity (Wildman–Crippen MR) is 84.1 cm³/mol. The fourth-order valence-electron chi connectivity index (χ4n) is 3.26. The first-order valence-electron chi connectivity index (χ1n) is 7.84. The van der Waals surface area contributed by atoms with Gasteiger partial charge in [-0.05, 0) is 68.5 Å². The molecular formula is C17H26N2O. The van der Waals surface area contributed by atoms with Crippen molar-refractivity contribution < 1.29 is 4.79 Å². The van der Waals surface area contributed by atoms with Gasteiger partial charge < -0.3 is 10.2 Å². The number of aryl methyl sites for hydroxylation is 1. The standard InChI is InChI=1S/C17H26N2O/c1-3-9-19(10-4-2)17-8-6-14-5-7-16(18-13-20)11-15(14)12-17/h5,7,11,13,17H,3-4,6,8-10,12H2,1-2H3,(H,18,20). The summed E-state index contributed by atoms with van der Waals surface area (Å²) in [5.74, 6) is 0. The van der Waals surface area contributed by atoms with E-state index in [-0.39, 0.29) is 0 Å². The van der Waals surface area contributed by atoms with Crippen molar-refractivity contribution in [2.24, 2.45) is 0 Å². The molecule has 1 aromatic carbocycles. The molecule has 3 nitrogen and oxygen atoms in total. The highest BCUT2D eigenvalue weighted by Gasteiger charge is 2.23. The Morgan fingerprint density at radius 1 is 1.25 bits per heavy atom. The van der Waals surface area contributed by atoms with Gasteiger partial charge in [-0.2, -0.15) is 0 Å². The molecule has 0 saturated carbocycles. The maximum Gasteiger partial charge on any atom is 0.211 e. The molecule has 0 fully saturated rings. The van der Waals surface area contributed by atoms with Crippen LogP contribution in [0.3, 0.4) is 0 Å². The van der Waals surface area contributed by atoms with Crippen LogP contribution in [-0.2, 0) is 17.6 Å². The Kier molecular flexibility index (Phi) is 5.60. The highest BCUT2D eigenvalue weighted by molar-refractivity contribution is 5.71. The monoisotopic (exact) mass is 274 g/mol. The molecule has 1 N–H and O–H groups in total. The molecule has 0 aliphatic heterocycles. The molecule has 1 aliphatic rings. The van der Waals surface area contributed by atoms with Crippen LogP contribution < -0.4 is 5.32 Å². The van der Waals surface area contributed by atoms with Crippen molar-refractivity contribution in [2.75, 3.05) is 18.4 Å². The number of benzene rings is 1. The Balaban J connectivity index is 2.11. The number of nitrogens with one attached hydrogen (secondary N) is 1. The number of anilines is 1. The van der Waals surface area contributed by atoms with E-state index >= 15 is 0 Å². The molecule has 0 saturated heterocycles. The predicted octanol–water partition coefficient (Wildman–Crippen LogP) is 3.23. The highest BCUT2D eigenvalue weighted by atomic mass is 16.1. The van der Waals surface area contributed by atoms with Gasteiger partial charge in [-0.3, -0.25) is 4.79 Å². The molecule has 1 unspecified atom stereocenters. The van der Waals surface area contributed by atoms with Crippen molar-refractivity contribution in [1.29, 1.82) is 0 Å². The molecule has 3 heteroatoms. The molecule has 0 bridgehead atoms. The van der Waals surface area contributed by atoms with Crippen molar-refractivity contribution in [3.63, 3.8) is 0 Å². The molecule has 0 spiro atoms. The summed E-state index contributed by atoms with van der Waals surface area (Å²) in [6.07, 6.45) is 6.72. The van der Waals surface area contributed by atoms with Crippen molar-refractivity contribution in [3.05, 3.63) is 29.3 Å². The SMILES string of the molecule is CCCN(CCC)C1CCc2ccc(NC=O)cc2C1. The van der Waals surface area contributed by atoms with E-state index in [0.29, 0.717) is 6.04 Å². The largest absolute Gasteiger partial charge is 0.329 e. The summed E-state index contributed by atoms with van der Waals surface area (Å²) in [5.41, 5.74) is 3.77. The lowest BCUT2D eigenvalue weighted by Gasteiger charge is -2.35. The summed E-state index contributed by atoms with van der Waals surface area (Å²) < 4.78 is 0. The van der Waals surface area contributed by atoms with Gasteiger partial charge in [-0.1, -0.05) is 19.9 Å². The van der Waals surface area contributed by atoms with E-state index in [1.54, 1.807) is 0 Å². The Labute approximate surface area is 122 Å². The minimum atomic E-state index is 0.661. The summed E-state index contributed by atoms with van der Waals surface area (Å²) in [7, 11) is 0. The third-order valence-electron chi connectivity index (χ3n) is 4.17. The molecule has 0 aromatic heterocycles. The van der Waals surface area contributed by atoms with E-state index in [1.807, 2.05) is 6.07 Å². The fraction of sp³-hybridized carbons (Fsp3) is 0.588. The van der Waals surface area contributed by atoms with Gasteiger partial charge in [0.15, 0.2) is 0 Å². The maximum atomic E-state index is 10.6. The Morgan fingerprint density at radius 2 is 2.00 bits per heavy atom. The van der Waals surface area contributed by atoms with Crippen molar-refractivity contribution in [1.82, 2.24) is 4.90 Å². The van der Waals surface area contributed by atoms with Gasteiger partial charge in [0.05, 0.1) is 0 Å². The first kappa shape index (κ1) is 15.0. The lowest BCUT2D eigenvalue weighted by atomic mass is 9.87. The number of hydrogen-bond acceptors (Lipinski definition) is 2. The zero-order valence-electron chi connectivity index (χ0n) is 12.7. The number of carbonyl (C=O) groups excluding carboxylic acids is 1.